The van der Waals surface area contributed by atoms with E-state index in [1.54, 1.807) is 16.8 Å². The number of hydrogen-bond donors (Lipinski definition) is 0. The summed E-state index contributed by atoms with van der Waals surface area (Å²) >= 11 is 0. The number of amides is 1. The molecule has 2 heterocycles. The van der Waals surface area contributed by atoms with Gasteiger partial charge in [-0.15, -0.1) is 0 Å². The number of benzene rings is 1. The van der Waals surface area contributed by atoms with Crippen LogP contribution in [0.15, 0.2) is 24.3 Å². The molecule has 0 bridgehead atoms. The number of carbonyl (C=O) groups is 1. The minimum absolute atomic E-state index is 0.0724. The van der Waals surface area contributed by atoms with Gasteiger partial charge in [-0.25, -0.2) is 17.5 Å². The first-order chi connectivity index (χ1) is 14.3. The Balaban J connectivity index is 1.51. The highest BCUT2D eigenvalue weighted by molar-refractivity contribution is 7.90. The van der Waals surface area contributed by atoms with Crippen molar-refractivity contribution in [1.29, 1.82) is 0 Å². The smallest absolute Gasteiger partial charge is 0.274 e. The first-order valence-electron chi connectivity index (χ1n) is 10.4. The highest BCUT2D eigenvalue weighted by Gasteiger charge is 2.30. The minimum atomic E-state index is -2.99. The molecule has 1 aromatic carbocycles. The molecule has 1 saturated heterocycles. The van der Waals surface area contributed by atoms with Gasteiger partial charge in [0.25, 0.3) is 5.91 Å². The lowest BCUT2D eigenvalue weighted by molar-refractivity contribution is 0.0636. The van der Waals surface area contributed by atoms with Gasteiger partial charge >= 0.3 is 0 Å². The first-order valence-corrected chi connectivity index (χ1v) is 12.4. The van der Waals surface area contributed by atoms with Crippen LogP contribution in [0.3, 0.4) is 0 Å². The van der Waals surface area contributed by atoms with E-state index in [1.807, 2.05) is 4.90 Å². The molecule has 0 unspecified atom stereocenters. The SMILES string of the molecule is CS(=O)(=O)CCN1CCN(C(=O)c2nn(-c3ccc(F)cc3)c3c2CCCC3)CC1. The Kier molecular flexibility index (Phi) is 5.92. The Hall–Kier alpha value is -2.26. The zero-order chi connectivity index (χ0) is 21.3. The number of carbonyl (C=O) groups excluding carboxylic acids is 1. The summed E-state index contributed by atoms with van der Waals surface area (Å²) < 4.78 is 37.9. The van der Waals surface area contributed by atoms with Gasteiger partial charge in [-0.3, -0.25) is 9.69 Å². The topological polar surface area (TPSA) is 75.5 Å². The van der Waals surface area contributed by atoms with Crippen molar-refractivity contribution < 1.29 is 17.6 Å². The molecule has 1 aliphatic carbocycles. The van der Waals surface area contributed by atoms with Crippen LogP contribution in [-0.2, 0) is 22.7 Å². The molecular weight excluding hydrogens is 407 g/mol. The van der Waals surface area contributed by atoms with Gasteiger partial charge in [0, 0.05) is 50.2 Å². The summed E-state index contributed by atoms with van der Waals surface area (Å²) in [5.74, 6) is -0.238. The van der Waals surface area contributed by atoms with Gasteiger partial charge in [0.1, 0.15) is 15.7 Å². The Morgan fingerprint density at radius 2 is 1.73 bits per heavy atom. The van der Waals surface area contributed by atoms with E-state index in [0.717, 1.165) is 42.6 Å². The second kappa shape index (κ2) is 8.47. The molecule has 1 fully saturated rings. The monoisotopic (exact) mass is 434 g/mol. The van der Waals surface area contributed by atoms with Gasteiger partial charge in [-0.1, -0.05) is 0 Å². The molecule has 1 aliphatic heterocycles. The number of aromatic nitrogens is 2. The average Bonchev–Trinajstić information content (AvgIpc) is 3.12. The second-order valence-corrected chi connectivity index (χ2v) is 10.4. The van der Waals surface area contributed by atoms with E-state index in [1.165, 1.54) is 18.4 Å². The molecule has 2 aliphatic rings. The number of piperazine rings is 1. The number of sulfone groups is 1. The van der Waals surface area contributed by atoms with Crippen molar-refractivity contribution in [3.05, 3.63) is 47.0 Å². The molecule has 0 saturated carbocycles. The van der Waals surface area contributed by atoms with Crippen LogP contribution in [0.5, 0.6) is 0 Å². The summed E-state index contributed by atoms with van der Waals surface area (Å²) in [6.45, 7) is 2.92. The van der Waals surface area contributed by atoms with E-state index in [0.29, 0.717) is 38.4 Å². The third-order valence-corrected chi connectivity index (χ3v) is 6.82. The fourth-order valence-corrected chi connectivity index (χ4v) is 4.78. The van der Waals surface area contributed by atoms with Crippen LogP contribution in [0.25, 0.3) is 5.69 Å². The fourth-order valence-electron chi connectivity index (χ4n) is 4.19. The normalized spacial score (nSPS) is 17.7. The summed E-state index contributed by atoms with van der Waals surface area (Å²) in [7, 11) is -2.99. The highest BCUT2D eigenvalue weighted by atomic mass is 32.2. The second-order valence-electron chi connectivity index (χ2n) is 8.13. The van der Waals surface area contributed by atoms with Crippen LogP contribution in [0.4, 0.5) is 4.39 Å². The van der Waals surface area contributed by atoms with E-state index < -0.39 is 9.84 Å². The van der Waals surface area contributed by atoms with Crippen molar-refractivity contribution in [2.24, 2.45) is 0 Å². The zero-order valence-corrected chi connectivity index (χ0v) is 18.0. The van der Waals surface area contributed by atoms with Crippen LogP contribution in [0, 0.1) is 5.82 Å². The van der Waals surface area contributed by atoms with Crippen molar-refractivity contribution in [2.75, 3.05) is 44.7 Å². The number of hydrogen-bond acceptors (Lipinski definition) is 5. The van der Waals surface area contributed by atoms with Gasteiger partial charge in [0.15, 0.2) is 5.69 Å². The van der Waals surface area contributed by atoms with Gasteiger partial charge in [-0.2, -0.15) is 5.10 Å². The summed E-state index contributed by atoms with van der Waals surface area (Å²) in [5.41, 5.74) is 3.32. The van der Waals surface area contributed by atoms with Crippen molar-refractivity contribution in [2.45, 2.75) is 25.7 Å². The van der Waals surface area contributed by atoms with Gasteiger partial charge in [0.2, 0.25) is 0 Å². The van der Waals surface area contributed by atoms with Gasteiger partial charge < -0.3 is 4.90 Å². The molecule has 0 atom stereocenters. The van der Waals surface area contributed by atoms with E-state index in [2.05, 4.69) is 10.00 Å². The van der Waals surface area contributed by atoms with Crippen LogP contribution >= 0.6 is 0 Å². The number of fused-ring (bicyclic) bond motifs is 1. The molecule has 0 spiro atoms. The third kappa shape index (κ3) is 4.57. The maximum Gasteiger partial charge on any atom is 0.274 e. The lowest BCUT2D eigenvalue weighted by Gasteiger charge is -2.34. The van der Waals surface area contributed by atoms with E-state index >= 15 is 0 Å². The Labute approximate surface area is 176 Å². The Bertz CT molecular complexity index is 1030. The van der Waals surface area contributed by atoms with Crippen molar-refractivity contribution >= 4 is 15.7 Å². The molecule has 1 amide bonds. The van der Waals surface area contributed by atoms with Crippen LogP contribution in [0.2, 0.25) is 0 Å². The maximum absolute atomic E-state index is 13.3. The summed E-state index contributed by atoms with van der Waals surface area (Å²) in [5, 5.41) is 4.66. The summed E-state index contributed by atoms with van der Waals surface area (Å²) in [4.78, 5) is 17.2. The molecule has 0 N–H and O–H groups in total. The first kappa shape index (κ1) is 21.0. The van der Waals surface area contributed by atoms with Crippen LogP contribution in [0.1, 0.15) is 34.6 Å². The van der Waals surface area contributed by atoms with Crippen molar-refractivity contribution in [3.8, 4) is 5.69 Å². The maximum atomic E-state index is 13.3. The molecule has 0 radical (unpaired) electrons. The number of halogens is 1. The largest absolute Gasteiger partial charge is 0.335 e. The predicted octanol–water partition coefficient (Wildman–Crippen LogP) is 1.69. The third-order valence-electron chi connectivity index (χ3n) is 5.89. The number of nitrogens with zero attached hydrogens (tertiary/aromatic N) is 4. The summed E-state index contributed by atoms with van der Waals surface area (Å²) in [6, 6.07) is 6.19. The van der Waals surface area contributed by atoms with E-state index in [4.69, 9.17) is 0 Å². The predicted molar refractivity (Wildman–Crippen MR) is 112 cm³/mol. The van der Waals surface area contributed by atoms with Gasteiger partial charge in [-0.05, 0) is 49.9 Å². The molecule has 1 aromatic heterocycles. The molecule has 4 rings (SSSR count). The van der Waals surface area contributed by atoms with E-state index in [-0.39, 0.29) is 17.5 Å². The highest BCUT2D eigenvalue weighted by Crippen LogP contribution is 2.28. The molecular formula is C21H27FN4O3S. The fraction of sp³-hybridized carbons (Fsp3) is 0.524. The number of rotatable bonds is 5. The zero-order valence-electron chi connectivity index (χ0n) is 17.2. The van der Waals surface area contributed by atoms with Crippen molar-refractivity contribution in [3.63, 3.8) is 0 Å². The molecule has 7 nitrogen and oxygen atoms in total. The van der Waals surface area contributed by atoms with Crippen molar-refractivity contribution in [1.82, 2.24) is 19.6 Å². The van der Waals surface area contributed by atoms with E-state index in [9.17, 15) is 17.6 Å². The Morgan fingerprint density at radius 3 is 2.40 bits per heavy atom. The average molecular weight is 435 g/mol. The lowest BCUT2D eigenvalue weighted by Crippen LogP contribution is -2.49. The summed E-state index contributed by atoms with van der Waals surface area (Å²) in [6.07, 6.45) is 5.00. The quantitative estimate of drug-likeness (QED) is 0.716. The van der Waals surface area contributed by atoms with Crippen LogP contribution < -0.4 is 0 Å². The Morgan fingerprint density at radius 1 is 1.07 bits per heavy atom. The lowest BCUT2D eigenvalue weighted by atomic mass is 9.95. The minimum Gasteiger partial charge on any atom is -0.335 e. The molecule has 2 aromatic rings. The van der Waals surface area contributed by atoms with Gasteiger partial charge in [0.05, 0.1) is 11.4 Å². The van der Waals surface area contributed by atoms with Crippen LogP contribution in [-0.4, -0.2) is 78.6 Å². The molecule has 162 valence electrons. The molecule has 30 heavy (non-hydrogen) atoms. The standard InChI is InChI=1S/C21H27FN4O3S/c1-30(28,29)15-14-24-10-12-25(13-11-24)21(27)20-18-4-2-3-5-19(18)26(23-20)17-8-6-16(22)7-9-17/h6-9H,2-5,10-15H2,1H3. The molecule has 9 heteroatoms.